The highest BCUT2D eigenvalue weighted by Crippen LogP contribution is 2.37. The lowest BCUT2D eigenvalue weighted by atomic mass is 9.95. The molecule has 2 aliphatic rings. The zero-order valence-electron chi connectivity index (χ0n) is 21.9. The quantitative estimate of drug-likeness (QED) is 0.391. The molecular formula is C28H36N6O3. The summed E-state index contributed by atoms with van der Waals surface area (Å²) in [6.07, 6.45) is 8.21. The SMILES string of the molecule is COc1cc(-c2[nH]c3ccc(OCC4CCN(C5CCOCC5)CC4)nc3c2C(C)C)cn2ncnc12. The smallest absolute Gasteiger partial charge is 0.213 e. The molecule has 0 aliphatic carbocycles. The Labute approximate surface area is 217 Å². The zero-order chi connectivity index (χ0) is 25.4. The average molecular weight is 505 g/mol. The van der Waals surface area contributed by atoms with Gasteiger partial charge in [-0.1, -0.05) is 13.8 Å². The summed E-state index contributed by atoms with van der Waals surface area (Å²) in [4.78, 5) is 15.5. The third kappa shape index (κ3) is 4.78. The van der Waals surface area contributed by atoms with Gasteiger partial charge in [0.2, 0.25) is 5.88 Å². The van der Waals surface area contributed by atoms with Crippen LogP contribution < -0.4 is 9.47 Å². The fourth-order valence-corrected chi connectivity index (χ4v) is 5.86. The van der Waals surface area contributed by atoms with Gasteiger partial charge in [-0.3, -0.25) is 0 Å². The number of methoxy groups -OCH3 is 1. The Morgan fingerprint density at radius 2 is 1.95 bits per heavy atom. The van der Waals surface area contributed by atoms with E-state index in [1.807, 2.05) is 18.3 Å². The van der Waals surface area contributed by atoms with Crippen molar-refractivity contribution in [3.63, 3.8) is 0 Å². The summed E-state index contributed by atoms with van der Waals surface area (Å²) in [6.45, 7) is 9.23. The zero-order valence-corrected chi connectivity index (χ0v) is 21.9. The third-order valence-electron chi connectivity index (χ3n) is 7.90. The molecule has 0 atom stereocenters. The van der Waals surface area contributed by atoms with E-state index in [1.54, 1.807) is 11.6 Å². The summed E-state index contributed by atoms with van der Waals surface area (Å²) in [7, 11) is 1.66. The van der Waals surface area contributed by atoms with E-state index in [0.717, 1.165) is 54.2 Å². The molecule has 6 heterocycles. The third-order valence-corrected chi connectivity index (χ3v) is 7.90. The molecule has 2 aliphatic heterocycles. The van der Waals surface area contributed by atoms with Crippen LogP contribution in [0.1, 0.15) is 51.0 Å². The molecule has 1 N–H and O–H groups in total. The summed E-state index contributed by atoms with van der Waals surface area (Å²) >= 11 is 0. The minimum Gasteiger partial charge on any atom is -0.493 e. The topological polar surface area (TPSA) is 89.8 Å². The molecule has 9 heteroatoms. The molecule has 2 fully saturated rings. The van der Waals surface area contributed by atoms with Crippen LogP contribution in [0, 0.1) is 5.92 Å². The second kappa shape index (κ2) is 10.3. The first-order valence-electron chi connectivity index (χ1n) is 13.5. The largest absolute Gasteiger partial charge is 0.493 e. The Bertz CT molecular complexity index is 1370. The summed E-state index contributed by atoms with van der Waals surface area (Å²) in [6, 6.07) is 6.75. The van der Waals surface area contributed by atoms with E-state index in [9.17, 15) is 0 Å². The number of aromatic amines is 1. The van der Waals surface area contributed by atoms with Crippen molar-refractivity contribution in [2.75, 3.05) is 40.0 Å². The van der Waals surface area contributed by atoms with Crippen molar-refractivity contribution in [2.24, 2.45) is 5.92 Å². The molecule has 0 bridgehead atoms. The standard InChI is InChI=1S/C28H36N6O3/c1-18(2)25-26(20-14-23(35-3)28-29-17-30-34(28)15-20)31-22-4-5-24(32-27(22)25)37-16-19-6-10-33(11-7-19)21-8-12-36-13-9-21/h4-5,14-15,17-19,21,31H,6-13,16H2,1-3H3. The van der Waals surface area contributed by atoms with E-state index in [2.05, 4.69) is 39.9 Å². The Morgan fingerprint density at radius 1 is 1.14 bits per heavy atom. The maximum Gasteiger partial charge on any atom is 0.213 e. The summed E-state index contributed by atoms with van der Waals surface area (Å²) in [5.74, 6) is 2.21. The Balaban J connectivity index is 1.20. The molecule has 0 amide bonds. The van der Waals surface area contributed by atoms with Gasteiger partial charge >= 0.3 is 0 Å². The number of nitrogens with one attached hydrogen (secondary N) is 1. The van der Waals surface area contributed by atoms with Gasteiger partial charge in [-0.2, -0.15) is 5.10 Å². The van der Waals surface area contributed by atoms with Crippen LogP contribution in [0.2, 0.25) is 0 Å². The van der Waals surface area contributed by atoms with Gasteiger partial charge in [0, 0.05) is 42.6 Å². The molecule has 6 rings (SSSR count). The highest BCUT2D eigenvalue weighted by Gasteiger charge is 2.27. The molecular weight excluding hydrogens is 468 g/mol. The second-order valence-corrected chi connectivity index (χ2v) is 10.6. The predicted octanol–water partition coefficient (Wildman–Crippen LogP) is 4.67. The number of rotatable bonds is 7. The molecule has 0 unspecified atom stereocenters. The number of hydrogen-bond donors (Lipinski definition) is 1. The number of fused-ring (bicyclic) bond motifs is 2. The highest BCUT2D eigenvalue weighted by molar-refractivity contribution is 5.89. The van der Waals surface area contributed by atoms with E-state index < -0.39 is 0 Å². The van der Waals surface area contributed by atoms with E-state index in [4.69, 9.17) is 19.2 Å². The maximum atomic E-state index is 6.26. The molecule has 0 radical (unpaired) electrons. The highest BCUT2D eigenvalue weighted by atomic mass is 16.5. The number of H-pyrrole nitrogens is 1. The van der Waals surface area contributed by atoms with E-state index >= 15 is 0 Å². The first kappa shape index (κ1) is 24.2. The van der Waals surface area contributed by atoms with Crippen molar-refractivity contribution >= 4 is 16.7 Å². The van der Waals surface area contributed by atoms with E-state index in [0.29, 0.717) is 35.8 Å². The number of likely N-dealkylation sites (tertiary alicyclic amines) is 1. The first-order chi connectivity index (χ1) is 18.1. The Kier molecular flexibility index (Phi) is 6.73. The first-order valence-corrected chi connectivity index (χ1v) is 13.5. The van der Waals surface area contributed by atoms with E-state index in [1.165, 1.54) is 32.0 Å². The number of ether oxygens (including phenoxy) is 3. The fourth-order valence-electron chi connectivity index (χ4n) is 5.86. The Hall–Kier alpha value is -3.17. The van der Waals surface area contributed by atoms with E-state index in [-0.39, 0.29) is 5.92 Å². The second-order valence-electron chi connectivity index (χ2n) is 10.6. The maximum absolute atomic E-state index is 6.26. The van der Waals surface area contributed by atoms with Crippen molar-refractivity contribution in [2.45, 2.75) is 51.5 Å². The molecule has 196 valence electrons. The van der Waals surface area contributed by atoms with Crippen LogP contribution in [0.3, 0.4) is 0 Å². The molecule has 4 aromatic rings. The monoisotopic (exact) mass is 504 g/mol. The van der Waals surface area contributed by atoms with Crippen molar-refractivity contribution in [3.8, 4) is 22.9 Å². The lowest BCUT2D eigenvalue weighted by molar-refractivity contribution is 0.0174. The van der Waals surface area contributed by atoms with Crippen LogP contribution >= 0.6 is 0 Å². The minimum absolute atomic E-state index is 0.262. The lowest BCUT2D eigenvalue weighted by Crippen LogP contribution is -2.44. The molecule has 0 saturated carbocycles. The van der Waals surface area contributed by atoms with Crippen LogP contribution in [0.5, 0.6) is 11.6 Å². The molecule has 2 saturated heterocycles. The van der Waals surface area contributed by atoms with Crippen LogP contribution in [-0.4, -0.2) is 75.5 Å². The summed E-state index contributed by atoms with van der Waals surface area (Å²) in [5.41, 5.74) is 5.80. The van der Waals surface area contributed by atoms with Gasteiger partial charge in [0.25, 0.3) is 0 Å². The van der Waals surface area contributed by atoms with Gasteiger partial charge in [0.15, 0.2) is 11.4 Å². The number of pyridine rings is 2. The normalized spacial score (nSPS) is 18.3. The number of aromatic nitrogens is 5. The van der Waals surface area contributed by atoms with Crippen LogP contribution in [0.15, 0.2) is 30.7 Å². The minimum atomic E-state index is 0.262. The van der Waals surface area contributed by atoms with Crippen molar-refractivity contribution in [1.82, 2.24) is 29.5 Å². The average Bonchev–Trinajstić information content (AvgIpc) is 3.56. The summed E-state index contributed by atoms with van der Waals surface area (Å²) in [5, 5.41) is 4.32. The molecule has 4 aromatic heterocycles. The van der Waals surface area contributed by atoms with Gasteiger partial charge in [-0.25, -0.2) is 14.5 Å². The van der Waals surface area contributed by atoms with Crippen molar-refractivity contribution in [1.29, 1.82) is 0 Å². The number of hydrogen-bond acceptors (Lipinski definition) is 7. The molecule has 0 aromatic carbocycles. The predicted molar refractivity (Wildman–Crippen MR) is 142 cm³/mol. The summed E-state index contributed by atoms with van der Waals surface area (Å²) < 4.78 is 19.1. The fraction of sp³-hybridized carbons (Fsp3) is 0.536. The lowest BCUT2D eigenvalue weighted by Gasteiger charge is -2.39. The van der Waals surface area contributed by atoms with Gasteiger partial charge in [-0.05, 0) is 62.7 Å². The van der Waals surface area contributed by atoms with Crippen molar-refractivity contribution < 1.29 is 14.2 Å². The molecule has 9 nitrogen and oxygen atoms in total. The Morgan fingerprint density at radius 3 is 2.70 bits per heavy atom. The van der Waals surface area contributed by atoms with Gasteiger partial charge in [0.05, 0.1) is 30.4 Å². The van der Waals surface area contributed by atoms with Crippen molar-refractivity contribution in [3.05, 3.63) is 36.3 Å². The van der Waals surface area contributed by atoms with Gasteiger partial charge in [-0.15, -0.1) is 0 Å². The van der Waals surface area contributed by atoms with Gasteiger partial charge in [0.1, 0.15) is 6.33 Å². The number of nitrogens with zero attached hydrogens (tertiary/aromatic N) is 5. The van der Waals surface area contributed by atoms with Crippen LogP contribution in [0.25, 0.3) is 27.9 Å². The van der Waals surface area contributed by atoms with Crippen LogP contribution in [-0.2, 0) is 4.74 Å². The molecule has 0 spiro atoms. The van der Waals surface area contributed by atoms with Gasteiger partial charge < -0.3 is 24.1 Å². The van der Waals surface area contributed by atoms with Crippen LogP contribution in [0.4, 0.5) is 0 Å². The number of piperidine rings is 1. The molecule has 37 heavy (non-hydrogen) atoms.